The second kappa shape index (κ2) is 6.42. The van der Waals surface area contributed by atoms with Gasteiger partial charge < -0.3 is 15.8 Å². The van der Waals surface area contributed by atoms with E-state index in [9.17, 15) is 18.4 Å². The third-order valence-electron chi connectivity index (χ3n) is 2.74. The van der Waals surface area contributed by atoms with Gasteiger partial charge in [-0.3, -0.25) is 4.79 Å². The van der Waals surface area contributed by atoms with Gasteiger partial charge in [-0.05, 0) is 12.0 Å². The maximum atomic E-state index is 13.6. The van der Waals surface area contributed by atoms with E-state index in [1.54, 1.807) is 13.8 Å². The number of halogens is 2. The Balaban J connectivity index is 3.07. The van der Waals surface area contributed by atoms with Crippen LogP contribution in [-0.2, 0) is 9.53 Å². The number of amides is 1. The van der Waals surface area contributed by atoms with E-state index >= 15 is 0 Å². The average Bonchev–Trinajstić information content (AvgIpc) is 2.39. The summed E-state index contributed by atoms with van der Waals surface area (Å²) in [6.45, 7) is 3.45. The number of methoxy groups -OCH3 is 1. The summed E-state index contributed by atoms with van der Waals surface area (Å²) < 4.78 is 31.4. The molecule has 20 heavy (non-hydrogen) atoms. The highest BCUT2D eigenvalue weighted by Gasteiger charge is 2.21. The molecule has 0 bridgehead atoms. The molecule has 1 aromatic carbocycles. The van der Waals surface area contributed by atoms with Gasteiger partial charge in [0.15, 0.2) is 0 Å². The molecule has 5 nitrogen and oxygen atoms in total. The molecule has 0 aliphatic rings. The second-order valence-electron chi connectivity index (χ2n) is 4.56. The number of anilines is 1. The van der Waals surface area contributed by atoms with Gasteiger partial charge in [-0.1, -0.05) is 13.8 Å². The number of hydrogen-bond acceptors (Lipinski definition) is 4. The van der Waals surface area contributed by atoms with Crippen LogP contribution in [0.4, 0.5) is 14.5 Å². The lowest BCUT2D eigenvalue weighted by atomic mass is 10.0. The maximum absolute atomic E-state index is 13.6. The molecule has 1 aromatic rings. The molecule has 1 unspecified atom stereocenters. The van der Waals surface area contributed by atoms with Crippen LogP contribution in [0.2, 0.25) is 0 Å². The molecule has 0 aromatic heterocycles. The van der Waals surface area contributed by atoms with E-state index in [0.29, 0.717) is 6.07 Å². The van der Waals surface area contributed by atoms with E-state index in [1.807, 2.05) is 0 Å². The highest BCUT2D eigenvalue weighted by Crippen LogP contribution is 2.20. The molecule has 0 saturated carbocycles. The summed E-state index contributed by atoms with van der Waals surface area (Å²) in [4.78, 5) is 23.0. The summed E-state index contributed by atoms with van der Waals surface area (Å²) in [5.74, 6) is -3.81. The molecule has 110 valence electrons. The summed E-state index contributed by atoms with van der Waals surface area (Å²) >= 11 is 0. The Hall–Kier alpha value is -2.02. The fourth-order valence-corrected chi connectivity index (χ4v) is 1.43. The predicted molar refractivity (Wildman–Crippen MR) is 69.1 cm³/mol. The van der Waals surface area contributed by atoms with Gasteiger partial charge in [0.2, 0.25) is 5.91 Å². The summed E-state index contributed by atoms with van der Waals surface area (Å²) in [6.07, 6.45) is 0. The average molecular weight is 286 g/mol. The molecule has 0 aliphatic carbocycles. The minimum Gasteiger partial charge on any atom is -0.465 e. The number of hydrogen-bond donors (Lipinski definition) is 2. The molecular formula is C13H16F2N2O3. The molecule has 0 heterocycles. The van der Waals surface area contributed by atoms with Crippen LogP contribution in [-0.4, -0.2) is 25.0 Å². The second-order valence-corrected chi connectivity index (χ2v) is 4.56. The van der Waals surface area contributed by atoms with Crippen LogP contribution in [0.3, 0.4) is 0 Å². The summed E-state index contributed by atoms with van der Waals surface area (Å²) in [6, 6.07) is 0.533. The molecule has 0 saturated heterocycles. The smallest absolute Gasteiger partial charge is 0.340 e. The van der Waals surface area contributed by atoms with Crippen LogP contribution in [0.15, 0.2) is 12.1 Å². The van der Waals surface area contributed by atoms with Crippen LogP contribution in [0.5, 0.6) is 0 Å². The lowest BCUT2D eigenvalue weighted by Gasteiger charge is -2.16. The van der Waals surface area contributed by atoms with Gasteiger partial charge >= 0.3 is 5.97 Å². The number of carbonyl (C=O) groups excluding carboxylic acids is 2. The lowest BCUT2D eigenvalue weighted by molar-refractivity contribution is -0.118. The van der Waals surface area contributed by atoms with Crippen LogP contribution in [0, 0.1) is 17.6 Å². The van der Waals surface area contributed by atoms with Crippen LogP contribution < -0.4 is 11.1 Å². The van der Waals surface area contributed by atoms with E-state index in [-0.39, 0.29) is 11.6 Å². The number of rotatable bonds is 4. The first-order chi connectivity index (χ1) is 9.27. The minimum absolute atomic E-state index is 0.154. The zero-order valence-electron chi connectivity index (χ0n) is 11.4. The maximum Gasteiger partial charge on any atom is 0.340 e. The Kier molecular flexibility index (Phi) is 5.15. The Bertz CT molecular complexity index is 533. The van der Waals surface area contributed by atoms with Crippen molar-refractivity contribution in [2.45, 2.75) is 19.9 Å². The largest absolute Gasteiger partial charge is 0.465 e. The molecule has 1 amide bonds. The molecular weight excluding hydrogens is 270 g/mol. The summed E-state index contributed by atoms with van der Waals surface area (Å²) in [5.41, 5.74) is 4.82. The third kappa shape index (κ3) is 3.51. The monoisotopic (exact) mass is 286 g/mol. The Morgan fingerprint density at radius 2 is 1.85 bits per heavy atom. The zero-order chi connectivity index (χ0) is 15.4. The quantitative estimate of drug-likeness (QED) is 0.825. The fourth-order valence-electron chi connectivity index (χ4n) is 1.43. The van der Waals surface area contributed by atoms with E-state index in [2.05, 4.69) is 10.1 Å². The van der Waals surface area contributed by atoms with Crippen molar-refractivity contribution < 1.29 is 23.1 Å². The van der Waals surface area contributed by atoms with Crippen molar-refractivity contribution in [2.24, 2.45) is 11.7 Å². The fraction of sp³-hybridized carbons (Fsp3) is 0.385. The van der Waals surface area contributed by atoms with Gasteiger partial charge in [-0.2, -0.15) is 0 Å². The first-order valence-corrected chi connectivity index (χ1v) is 5.91. The molecule has 0 spiro atoms. The van der Waals surface area contributed by atoms with Crippen molar-refractivity contribution in [3.8, 4) is 0 Å². The number of nitrogens with one attached hydrogen (secondary N) is 1. The first kappa shape index (κ1) is 16.0. The van der Waals surface area contributed by atoms with Gasteiger partial charge in [-0.25, -0.2) is 13.6 Å². The molecule has 1 rings (SSSR count). The van der Waals surface area contributed by atoms with Crippen molar-refractivity contribution in [2.75, 3.05) is 12.4 Å². The topological polar surface area (TPSA) is 81.4 Å². The van der Waals surface area contributed by atoms with Crippen molar-refractivity contribution in [3.63, 3.8) is 0 Å². The zero-order valence-corrected chi connectivity index (χ0v) is 11.4. The molecule has 0 fully saturated rings. The number of ether oxygens (including phenoxy) is 1. The van der Waals surface area contributed by atoms with E-state index < -0.39 is 35.1 Å². The van der Waals surface area contributed by atoms with Crippen LogP contribution in [0.1, 0.15) is 24.2 Å². The molecule has 7 heteroatoms. The third-order valence-corrected chi connectivity index (χ3v) is 2.74. The van der Waals surface area contributed by atoms with E-state index in [1.165, 1.54) is 0 Å². The van der Waals surface area contributed by atoms with Crippen molar-refractivity contribution in [3.05, 3.63) is 29.3 Å². The van der Waals surface area contributed by atoms with Crippen LogP contribution >= 0.6 is 0 Å². The summed E-state index contributed by atoms with van der Waals surface area (Å²) in [7, 11) is 1.07. The minimum atomic E-state index is -1.07. The Morgan fingerprint density at radius 1 is 1.25 bits per heavy atom. The lowest BCUT2D eigenvalue weighted by Crippen LogP contribution is -2.40. The van der Waals surface area contributed by atoms with Crippen molar-refractivity contribution in [1.82, 2.24) is 0 Å². The van der Waals surface area contributed by atoms with E-state index in [4.69, 9.17) is 5.73 Å². The SMILES string of the molecule is COC(=O)c1cc(NC(=O)C(N)C(C)C)c(F)cc1F. The van der Waals surface area contributed by atoms with Gasteiger partial charge in [0, 0.05) is 6.07 Å². The summed E-state index contributed by atoms with van der Waals surface area (Å²) in [5, 5.41) is 2.22. The highest BCUT2D eigenvalue weighted by molar-refractivity contribution is 5.97. The number of benzene rings is 1. The number of carbonyl (C=O) groups is 2. The molecule has 0 aliphatic heterocycles. The first-order valence-electron chi connectivity index (χ1n) is 5.91. The number of nitrogens with two attached hydrogens (primary N) is 1. The van der Waals surface area contributed by atoms with E-state index in [0.717, 1.165) is 13.2 Å². The van der Waals surface area contributed by atoms with Gasteiger partial charge in [0.05, 0.1) is 24.4 Å². The molecule has 1 atom stereocenters. The predicted octanol–water partition coefficient (Wildman–Crippen LogP) is 1.67. The number of esters is 1. The Labute approximate surface area is 115 Å². The van der Waals surface area contributed by atoms with Crippen molar-refractivity contribution in [1.29, 1.82) is 0 Å². The van der Waals surface area contributed by atoms with Crippen molar-refractivity contribution >= 4 is 17.6 Å². The Morgan fingerprint density at radius 3 is 2.35 bits per heavy atom. The van der Waals surface area contributed by atoms with Gasteiger partial charge in [-0.15, -0.1) is 0 Å². The highest BCUT2D eigenvalue weighted by atomic mass is 19.1. The molecule has 0 radical (unpaired) electrons. The van der Waals surface area contributed by atoms with Crippen LogP contribution in [0.25, 0.3) is 0 Å². The van der Waals surface area contributed by atoms with Gasteiger partial charge in [0.25, 0.3) is 0 Å². The normalized spacial score (nSPS) is 12.2. The molecule has 3 N–H and O–H groups in total. The van der Waals surface area contributed by atoms with Gasteiger partial charge in [0.1, 0.15) is 11.6 Å². The standard InChI is InChI=1S/C13H16F2N2O3/c1-6(2)11(16)12(18)17-10-4-7(13(19)20-3)8(14)5-9(10)15/h4-6,11H,16H2,1-3H3,(H,17,18).